The zero-order valence-electron chi connectivity index (χ0n) is 13.4. The SMILES string of the molecule is O=C1N[C@H](c2cncc(C#CCCCO)c2)[C@@H](c2cccc(F)c2)O1. The van der Waals surface area contributed by atoms with Crippen LogP contribution in [0.1, 0.15) is 41.7 Å². The second kappa shape index (κ2) is 7.77. The van der Waals surface area contributed by atoms with Crippen LogP contribution in [0.5, 0.6) is 0 Å². The summed E-state index contributed by atoms with van der Waals surface area (Å²) >= 11 is 0. The number of unbranched alkanes of at least 4 members (excludes halogenated alkanes) is 1. The second-order valence-electron chi connectivity index (χ2n) is 5.64. The maximum absolute atomic E-state index is 13.5. The molecule has 1 aromatic carbocycles. The smallest absolute Gasteiger partial charge is 0.408 e. The number of hydrogen-bond donors (Lipinski definition) is 2. The molecule has 25 heavy (non-hydrogen) atoms. The number of carbonyl (C=O) groups excluding carboxylic acids is 1. The third-order valence-corrected chi connectivity index (χ3v) is 3.80. The first-order valence-corrected chi connectivity index (χ1v) is 7.94. The van der Waals surface area contributed by atoms with Gasteiger partial charge in [0.15, 0.2) is 6.10 Å². The normalized spacial score (nSPS) is 18.9. The van der Waals surface area contributed by atoms with Crippen molar-refractivity contribution in [2.45, 2.75) is 25.0 Å². The van der Waals surface area contributed by atoms with Crippen molar-refractivity contribution in [2.75, 3.05) is 6.61 Å². The first kappa shape index (κ1) is 16.9. The molecule has 2 heterocycles. The summed E-state index contributed by atoms with van der Waals surface area (Å²) in [5, 5.41) is 11.5. The Bertz CT molecular complexity index is 829. The molecule has 2 N–H and O–H groups in total. The Morgan fingerprint density at radius 2 is 2.16 bits per heavy atom. The Labute approximate surface area is 144 Å². The van der Waals surface area contributed by atoms with Gasteiger partial charge in [-0.05, 0) is 35.7 Å². The van der Waals surface area contributed by atoms with Crippen LogP contribution < -0.4 is 5.32 Å². The Morgan fingerprint density at radius 3 is 2.96 bits per heavy atom. The molecule has 0 unspecified atom stereocenters. The molecule has 2 atom stereocenters. The number of halogens is 1. The predicted molar refractivity (Wildman–Crippen MR) is 88.9 cm³/mol. The Balaban J connectivity index is 1.86. The van der Waals surface area contributed by atoms with Gasteiger partial charge in [0.2, 0.25) is 0 Å². The maximum Gasteiger partial charge on any atom is 0.408 e. The zero-order chi connectivity index (χ0) is 17.6. The van der Waals surface area contributed by atoms with E-state index in [4.69, 9.17) is 9.84 Å². The van der Waals surface area contributed by atoms with Crippen molar-refractivity contribution in [3.63, 3.8) is 0 Å². The number of amides is 1. The van der Waals surface area contributed by atoms with Gasteiger partial charge in [0.25, 0.3) is 0 Å². The lowest BCUT2D eigenvalue weighted by atomic mass is 9.97. The summed E-state index contributed by atoms with van der Waals surface area (Å²) in [4.78, 5) is 15.9. The van der Waals surface area contributed by atoms with Crippen molar-refractivity contribution in [1.29, 1.82) is 0 Å². The van der Waals surface area contributed by atoms with Gasteiger partial charge in [-0.25, -0.2) is 9.18 Å². The molecule has 0 spiro atoms. The second-order valence-corrected chi connectivity index (χ2v) is 5.64. The number of ether oxygens (including phenoxy) is 1. The largest absolute Gasteiger partial charge is 0.439 e. The molecule has 5 nitrogen and oxygen atoms in total. The molecule has 1 aromatic heterocycles. The quantitative estimate of drug-likeness (QED) is 0.663. The van der Waals surface area contributed by atoms with Gasteiger partial charge in [0, 0.05) is 31.0 Å². The molecular weight excluding hydrogens is 323 g/mol. The molecule has 1 saturated heterocycles. The standard InChI is InChI=1S/C19H17FN2O3/c20-16-7-4-6-14(10-16)18-17(22-19(24)25-18)15-9-13(11-21-12-15)5-2-1-3-8-23/h4,6-7,9-12,17-18,23H,1,3,8H2,(H,22,24)/t17-,18-/m1/s1. The van der Waals surface area contributed by atoms with Crippen molar-refractivity contribution in [3.8, 4) is 11.8 Å². The molecule has 1 amide bonds. The third kappa shape index (κ3) is 4.14. The number of aliphatic hydroxyl groups is 1. The molecule has 0 aliphatic carbocycles. The zero-order valence-corrected chi connectivity index (χ0v) is 13.4. The summed E-state index contributed by atoms with van der Waals surface area (Å²) in [5.74, 6) is 5.55. The lowest BCUT2D eigenvalue weighted by molar-refractivity contribution is 0.132. The molecule has 1 fully saturated rings. The summed E-state index contributed by atoms with van der Waals surface area (Å²) in [5.41, 5.74) is 2.01. The molecule has 1 aliphatic rings. The average molecular weight is 340 g/mol. The van der Waals surface area contributed by atoms with Crippen LogP contribution in [0.4, 0.5) is 9.18 Å². The van der Waals surface area contributed by atoms with Crippen LogP contribution in [-0.2, 0) is 4.74 Å². The van der Waals surface area contributed by atoms with E-state index in [9.17, 15) is 9.18 Å². The van der Waals surface area contributed by atoms with Gasteiger partial charge >= 0.3 is 6.09 Å². The van der Waals surface area contributed by atoms with Crippen LogP contribution in [-0.4, -0.2) is 22.8 Å². The number of aliphatic hydroxyl groups excluding tert-OH is 1. The van der Waals surface area contributed by atoms with Crippen molar-refractivity contribution < 1.29 is 19.0 Å². The fraction of sp³-hybridized carbons (Fsp3) is 0.263. The first-order valence-electron chi connectivity index (χ1n) is 7.94. The molecule has 128 valence electrons. The molecule has 2 aromatic rings. The van der Waals surface area contributed by atoms with E-state index < -0.39 is 18.2 Å². The van der Waals surface area contributed by atoms with E-state index in [0.29, 0.717) is 24.0 Å². The minimum absolute atomic E-state index is 0.105. The predicted octanol–water partition coefficient (Wildman–Crippen LogP) is 2.87. The third-order valence-electron chi connectivity index (χ3n) is 3.80. The monoisotopic (exact) mass is 340 g/mol. The van der Waals surface area contributed by atoms with Crippen LogP contribution in [0.3, 0.4) is 0 Å². The highest BCUT2D eigenvalue weighted by Crippen LogP contribution is 2.36. The Kier molecular flexibility index (Phi) is 5.26. The summed E-state index contributed by atoms with van der Waals surface area (Å²) in [6.45, 7) is 0.105. The summed E-state index contributed by atoms with van der Waals surface area (Å²) in [6.07, 6.45) is 3.28. The number of cyclic esters (lactones) is 1. The number of rotatable bonds is 4. The van der Waals surface area contributed by atoms with Crippen LogP contribution in [0.15, 0.2) is 42.7 Å². The molecule has 1 aliphatic heterocycles. The number of hydrogen-bond acceptors (Lipinski definition) is 4. The number of pyridine rings is 1. The van der Waals surface area contributed by atoms with Gasteiger partial charge < -0.3 is 15.2 Å². The molecule has 0 bridgehead atoms. The van der Waals surface area contributed by atoms with E-state index in [1.807, 2.05) is 6.07 Å². The lowest BCUT2D eigenvalue weighted by Crippen LogP contribution is -2.19. The van der Waals surface area contributed by atoms with Crippen LogP contribution in [0.25, 0.3) is 0 Å². The van der Waals surface area contributed by atoms with Crippen LogP contribution in [0, 0.1) is 17.7 Å². The number of carbonyl (C=O) groups is 1. The van der Waals surface area contributed by atoms with Crippen molar-refractivity contribution in [2.24, 2.45) is 0 Å². The minimum atomic E-state index is -0.636. The highest BCUT2D eigenvalue weighted by Gasteiger charge is 2.36. The topological polar surface area (TPSA) is 71.5 Å². The van der Waals surface area contributed by atoms with E-state index >= 15 is 0 Å². The van der Waals surface area contributed by atoms with E-state index in [0.717, 1.165) is 5.56 Å². The van der Waals surface area contributed by atoms with E-state index in [2.05, 4.69) is 22.1 Å². The van der Waals surface area contributed by atoms with E-state index in [-0.39, 0.29) is 12.4 Å². The average Bonchev–Trinajstić information content (AvgIpc) is 3.01. The molecule has 6 heteroatoms. The number of nitrogens with zero attached hydrogens (tertiary/aromatic N) is 1. The highest BCUT2D eigenvalue weighted by atomic mass is 19.1. The highest BCUT2D eigenvalue weighted by molar-refractivity contribution is 5.71. The Hall–Kier alpha value is -2.91. The van der Waals surface area contributed by atoms with Gasteiger partial charge in [-0.2, -0.15) is 0 Å². The Morgan fingerprint density at radius 1 is 1.28 bits per heavy atom. The number of benzene rings is 1. The summed E-state index contributed by atoms with van der Waals surface area (Å²) < 4.78 is 18.8. The lowest BCUT2D eigenvalue weighted by Gasteiger charge is -2.17. The van der Waals surface area contributed by atoms with Crippen LogP contribution >= 0.6 is 0 Å². The van der Waals surface area contributed by atoms with Crippen molar-refractivity contribution in [3.05, 3.63) is 65.2 Å². The van der Waals surface area contributed by atoms with Gasteiger partial charge in [-0.1, -0.05) is 24.0 Å². The van der Waals surface area contributed by atoms with Gasteiger partial charge in [0.05, 0.1) is 0 Å². The van der Waals surface area contributed by atoms with Crippen molar-refractivity contribution in [1.82, 2.24) is 10.3 Å². The molecule has 0 saturated carbocycles. The number of alkyl carbamates (subject to hydrolysis) is 1. The van der Waals surface area contributed by atoms with E-state index in [1.165, 1.54) is 12.1 Å². The first-order chi connectivity index (χ1) is 12.2. The van der Waals surface area contributed by atoms with E-state index in [1.54, 1.807) is 24.5 Å². The fourth-order valence-electron chi connectivity index (χ4n) is 2.65. The summed E-state index contributed by atoms with van der Waals surface area (Å²) in [6, 6.07) is 7.34. The molecule has 3 rings (SSSR count). The van der Waals surface area contributed by atoms with Crippen LogP contribution in [0.2, 0.25) is 0 Å². The maximum atomic E-state index is 13.5. The number of aromatic nitrogens is 1. The van der Waals surface area contributed by atoms with Crippen molar-refractivity contribution >= 4 is 6.09 Å². The molecular formula is C19H17FN2O3. The van der Waals surface area contributed by atoms with Gasteiger partial charge in [-0.15, -0.1) is 0 Å². The van der Waals surface area contributed by atoms with Gasteiger partial charge in [-0.3, -0.25) is 4.98 Å². The fourth-order valence-corrected chi connectivity index (χ4v) is 2.65. The summed E-state index contributed by atoms with van der Waals surface area (Å²) in [7, 11) is 0. The minimum Gasteiger partial charge on any atom is -0.439 e. The number of nitrogens with one attached hydrogen (secondary N) is 1. The molecule has 0 radical (unpaired) electrons. The van der Waals surface area contributed by atoms with Gasteiger partial charge in [0.1, 0.15) is 11.9 Å².